The second kappa shape index (κ2) is 8.60. The van der Waals surface area contributed by atoms with Crippen LogP contribution in [-0.4, -0.2) is 48.5 Å². The lowest BCUT2D eigenvalue weighted by Crippen LogP contribution is -2.48. The zero-order valence-electron chi connectivity index (χ0n) is 14.9. The highest BCUT2D eigenvalue weighted by atomic mass is 16.2. The van der Waals surface area contributed by atoms with E-state index in [4.69, 9.17) is 0 Å². The maximum Gasteiger partial charge on any atom is 0.242 e. The van der Waals surface area contributed by atoms with E-state index in [1.165, 1.54) is 0 Å². The molecule has 0 aromatic rings. The number of carbonyl (C=O) groups excluding carboxylic acids is 2. The van der Waals surface area contributed by atoms with Crippen molar-refractivity contribution in [3.8, 4) is 0 Å². The standard InChI is InChI=1S/C15H31N5O2/c1-8-16-13(17-9-11(21)19-14(2,3)4)18-10-12(22)20-15(5,6)7/h8-10H2,1-7H3,(H,19,21)(H,20,22)(H2,16,17,18). The molecule has 0 aliphatic rings. The molecule has 0 radical (unpaired) electrons. The van der Waals surface area contributed by atoms with Gasteiger partial charge in [-0.2, -0.15) is 0 Å². The van der Waals surface area contributed by atoms with Crippen molar-refractivity contribution in [3.05, 3.63) is 0 Å². The largest absolute Gasteiger partial charge is 0.357 e. The number of hydrogen-bond donors (Lipinski definition) is 4. The van der Waals surface area contributed by atoms with E-state index in [1.54, 1.807) is 0 Å². The summed E-state index contributed by atoms with van der Waals surface area (Å²) in [5, 5.41) is 11.6. The molecule has 4 N–H and O–H groups in total. The highest BCUT2D eigenvalue weighted by Gasteiger charge is 2.15. The van der Waals surface area contributed by atoms with E-state index in [0.29, 0.717) is 12.5 Å². The van der Waals surface area contributed by atoms with Crippen molar-refractivity contribution in [3.63, 3.8) is 0 Å². The predicted molar refractivity (Wildman–Crippen MR) is 89.8 cm³/mol. The first-order valence-electron chi connectivity index (χ1n) is 7.57. The number of rotatable bonds is 5. The van der Waals surface area contributed by atoms with Crippen LogP contribution in [0.15, 0.2) is 4.99 Å². The first-order valence-corrected chi connectivity index (χ1v) is 7.57. The van der Waals surface area contributed by atoms with Gasteiger partial charge in [0.1, 0.15) is 6.54 Å². The Bertz CT molecular complexity index is 405. The van der Waals surface area contributed by atoms with Crippen LogP contribution >= 0.6 is 0 Å². The molecule has 7 heteroatoms. The second-order valence-corrected chi connectivity index (χ2v) is 7.15. The summed E-state index contributed by atoms with van der Waals surface area (Å²) in [6, 6.07) is 0. The van der Waals surface area contributed by atoms with Crippen LogP contribution in [-0.2, 0) is 9.59 Å². The quantitative estimate of drug-likeness (QED) is 0.436. The van der Waals surface area contributed by atoms with Crippen LogP contribution in [0.25, 0.3) is 0 Å². The average Bonchev–Trinajstić information content (AvgIpc) is 2.28. The SMILES string of the molecule is CCNC(=NCC(=O)NC(C)(C)C)NCC(=O)NC(C)(C)C. The summed E-state index contributed by atoms with van der Waals surface area (Å²) in [6.07, 6.45) is 0. The summed E-state index contributed by atoms with van der Waals surface area (Å²) >= 11 is 0. The van der Waals surface area contributed by atoms with Crippen molar-refractivity contribution in [1.29, 1.82) is 0 Å². The van der Waals surface area contributed by atoms with E-state index in [9.17, 15) is 9.59 Å². The van der Waals surface area contributed by atoms with Crippen LogP contribution in [0.2, 0.25) is 0 Å². The van der Waals surface area contributed by atoms with Gasteiger partial charge in [0.15, 0.2) is 5.96 Å². The molecule has 0 aromatic carbocycles. The minimum Gasteiger partial charge on any atom is -0.357 e. The molecule has 0 fully saturated rings. The Labute approximate surface area is 133 Å². The molecule has 0 spiro atoms. The predicted octanol–water partition coefficient (Wildman–Crippen LogP) is 0.371. The van der Waals surface area contributed by atoms with Gasteiger partial charge in [0.2, 0.25) is 11.8 Å². The van der Waals surface area contributed by atoms with Crippen LogP contribution in [0.5, 0.6) is 0 Å². The van der Waals surface area contributed by atoms with E-state index in [0.717, 1.165) is 0 Å². The zero-order chi connectivity index (χ0) is 17.4. The first-order chi connectivity index (χ1) is 9.93. The summed E-state index contributed by atoms with van der Waals surface area (Å²) in [5.41, 5.74) is -0.564. The Hall–Kier alpha value is -1.79. The van der Waals surface area contributed by atoms with Crippen molar-refractivity contribution >= 4 is 17.8 Å². The molecular weight excluding hydrogens is 282 g/mol. The van der Waals surface area contributed by atoms with Gasteiger partial charge in [-0.15, -0.1) is 0 Å². The maximum absolute atomic E-state index is 11.8. The Morgan fingerprint density at radius 2 is 1.36 bits per heavy atom. The smallest absolute Gasteiger partial charge is 0.242 e. The molecule has 128 valence electrons. The molecule has 7 nitrogen and oxygen atoms in total. The third kappa shape index (κ3) is 12.0. The fourth-order valence-corrected chi connectivity index (χ4v) is 1.58. The molecule has 2 amide bonds. The molecule has 0 unspecified atom stereocenters. The fourth-order valence-electron chi connectivity index (χ4n) is 1.58. The Kier molecular flexibility index (Phi) is 7.90. The lowest BCUT2D eigenvalue weighted by molar-refractivity contribution is -0.122. The summed E-state index contributed by atoms with van der Waals surface area (Å²) in [7, 11) is 0. The van der Waals surface area contributed by atoms with E-state index >= 15 is 0 Å². The lowest BCUT2D eigenvalue weighted by Gasteiger charge is -2.21. The second-order valence-electron chi connectivity index (χ2n) is 7.15. The van der Waals surface area contributed by atoms with Crippen molar-refractivity contribution in [2.75, 3.05) is 19.6 Å². The van der Waals surface area contributed by atoms with Gasteiger partial charge in [0.05, 0.1) is 6.54 Å². The minimum atomic E-state index is -0.287. The third-order valence-corrected chi connectivity index (χ3v) is 2.17. The van der Waals surface area contributed by atoms with E-state index < -0.39 is 0 Å². The zero-order valence-corrected chi connectivity index (χ0v) is 14.9. The lowest BCUT2D eigenvalue weighted by atomic mass is 10.1. The van der Waals surface area contributed by atoms with Gasteiger partial charge in [-0.25, -0.2) is 4.99 Å². The van der Waals surface area contributed by atoms with Crippen LogP contribution in [0.4, 0.5) is 0 Å². The van der Waals surface area contributed by atoms with Gasteiger partial charge in [0.25, 0.3) is 0 Å². The molecule has 0 aliphatic carbocycles. The summed E-state index contributed by atoms with van der Waals surface area (Å²) in [4.78, 5) is 27.7. The Morgan fingerprint density at radius 3 is 1.82 bits per heavy atom. The molecule has 0 bridgehead atoms. The number of carbonyl (C=O) groups is 2. The van der Waals surface area contributed by atoms with Crippen LogP contribution in [0.1, 0.15) is 48.5 Å². The molecule has 22 heavy (non-hydrogen) atoms. The number of guanidine groups is 1. The number of nitrogens with zero attached hydrogens (tertiary/aromatic N) is 1. The van der Waals surface area contributed by atoms with Crippen molar-refractivity contribution in [2.24, 2.45) is 4.99 Å². The topological polar surface area (TPSA) is 94.6 Å². The van der Waals surface area contributed by atoms with Crippen molar-refractivity contribution in [2.45, 2.75) is 59.5 Å². The van der Waals surface area contributed by atoms with Crippen LogP contribution in [0, 0.1) is 0 Å². The third-order valence-electron chi connectivity index (χ3n) is 2.17. The van der Waals surface area contributed by atoms with E-state index in [2.05, 4.69) is 26.3 Å². The molecule has 0 rings (SSSR count). The molecule has 0 heterocycles. The highest BCUT2D eigenvalue weighted by molar-refractivity contribution is 5.88. The van der Waals surface area contributed by atoms with Crippen LogP contribution in [0.3, 0.4) is 0 Å². The van der Waals surface area contributed by atoms with Gasteiger partial charge < -0.3 is 21.3 Å². The highest BCUT2D eigenvalue weighted by Crippen LogP contribution is 1.98. The molecule has 0 atom stereocenters. The number of hydrogen-bond acceptors (Lipinski definition) is 3. The first kappa shape index (κ1) is 20.2. The van der Waals surface area contributed by atoms with Crippen molar-refractivity contribution in [1.82, 2.24) is 21.3 Å². The average molecular weight is 313 g/mol. The fraction of sp³-hybridized carbons (Fsp3) is 0.800. The van der Waals surface area contributed by atoms with Crippen LogP contribution < -0.4 is 21.3 Å². The molecule has 0 aliphatic heterocycles. The summed E-state index contributed by atoms with van der Waals surface area (Å²) in [6.45, 7) is 14.2. The minimum absolute atomic E-state index is 0.00743. The summed E-state index contributed by atoms with van der Waals surface area (Å²) in [5.74, 6) is 0.150. The van der Waals surface area contributed by atoms with Crippen molar-refractivity contribution < 1.29 is 9.59 Å². The Morgan fingerprint density at radius 1 is 0.864 bits per heavy atom. The van der Waals surface area contributed by atoms with Gasteiger partial charge in [-0.05, 0) is 48.5 Å². The number of nitrogens with one attached hydrogen (secondary N) is 4. The number of aliphatic imine (C=N–C) groups is 1. The Balaban J connectivity index is 4.44. The summed E-state index contributed by atoms with van der Waals surface area (Å²) < 4.78 is 0. The molecule has 0 saturated heterocycles. The van der Waals surface area contributed by atoms with Gasteiger partial charge in [-0.1, -0.05) is 0 Å². The molecule has 0 saturated carbocycles. The molecule has 0 aromatic heterocycles. The monoisotopic (exact) mass is 313 g/mol. The van der Waals surface area contributed by atoms with Gasteiger partial charge in [-0.3, -0.25) is 9.59 Å². The number of amides is 2. The molecular formula is C15H31N5O2. The van der Waals surface area contributed by atoms with E-state index in [-0.39, 0.29) is 36.0 Å². The maximum atomic E-state index is 11.8. The van der Waals surface area contributed by atoms with Gasteiger partial charge >= 0.3 is 0 Å². The van der Waals surface area contributed by atoms with E-state index in [1.807, 2.05) is 48.5 Å². The van der Waals surface area contributed by atoms with Gasteiger partial charge in [0, 0.05) is 17.6 Å². The normalized spacial score (nSPS) is 12.6.